The second kappa shape index (κ2) is 12.9. The SMILES string of the molecule is Nc1ncc2c3c1c(-c1ccc(C(=O)Nc4cc(C(F)(F)F)ccn4)cc1)nn3[C@@H]1CCC[C@H](C1)C(=O)NCCCCCCC2. The van der Waals surface area contributed by atoms with Crippen LogP contribution in [0.3, 0.4) is 0 Å². The highest BCUT2D eigenvalue weighted by atomic mass is 19.4. The van der Waals surface area contributed by atoms with Gasteiger partial charge in [0.15, 0.2) is 0 Å². The molecule has 3 aromatic heterocycles. The standard InChI is InChI=1S/C33H36F3N7O2/c34-33(35,36)24-14-16-38-26(18-24)41-32(45)21-12-10-20(11-13-21)28-27-29-23(19-40-30(27)37)7-4-2-1-3-5-15-39-31(44)22-8-6-9-25(17-22)43(29)42-28/h10-14,16,18-19,22,25H,1-9,15,17H2,(H2,37,40)(H,39,44)(H,38,41,45)/t22-,25-/m1/s1. The third-order valence-corrected chi connectivity index (χ3v) is 8.86. The lowest BCUT2D eigenvalue weighted by Crippen LogP contribution is -2.35. The van der Waals surface area contributed by atoms with Crippen molar-refractivity contribution in [3.63, 3.8) is 0 Å². The van der Waals surface area contributed by atoms with Crippen LogP contribution in [-0.4, -0.2) is 38.1 Å². The number of nitrogens with two attached hydrogens (primary N) is 1. The molecule has 0 saturated heterocycles. The minimum absolute atomic E-state index is 0.0152. The smallest absolute Gasteiger partial charge is 0.383 e. The molecule has 1 aliphatic carbocycles. The van der Waals surface area contributed by atoms with E-state index in [1.807, 2.05) is 6.20 Å². The number of amides is 2. The number of alkyl halides is 3. The summed E-state index contributed by atoms with van der Waals surface area (Å²) in [6.45, 7) is 0.710. The number of pyridine rings is 2. The van der Waals surface area contributed by atoms with Crippen molar-refractivity contribution in [3.8, 4) is 11.3 Å². The molecule has 4 N–H and O–H groups in total. The quantitative estimate of drug-likeness (QED) is 0.234. The van der Waals surface area contributed by atoms with E-state index < -0.39 is 17.6 Å². The molecule has 4 aromatic rings. The van der Waals surface area contributed by atoms with Crippen LogP contribution in [0.25, 0.3) is 22.2 Å². The molecule has 0 spiro atoms. The first-order chi connectivity index (χ1) is 21.7. The monoisotopic (exact) mass is 619 g/mol. The second-order valence-corrected chi connectivity index (χ2v) is 12.0. The number of benzene rings is 1. The first kappa shape index (κ1) is 30.5. The summed E-state index contributed by atoms with van der Waals surface area (Å²) in [5.74, 6) is -0.395. The Kier molecular flexibility index (Phi) is 8.73. The van der Waals surface area contributed by atoms with Gasteiger partial charge in [0.05, 0.1) is 22.5 Å². The van der Waals surface area contributed by atoms with Crippen molar-refractivity contribution in [1.82, 2.24) is 25.1 Å². The van der Waals surface area contributed by atoms with Gasteiger partial charge in [0.1, 0.15) is 17.3 Å². The summed E-state index contributed by atoms with van der Waals surface area (Å²) >= 11 is 0. The normalized spacial score (nSPS) is 19.8. The van der Waals surface area contributed by atoms with Crippen molar-refractivity contribution in [1.29, 1.82) is 0 Å². The highest BCUT2D eigenvalue weighted by Crippen LogP contribution is 2.40. The molecule has 0 radical (unpaired) electrons. The molecule has 45 heavy (non-hydrogen) atoms. The molecule has 2 atom stereocenters. The highest BCUT2D eigenvalue weighted by molar-refractivity contribution is 6.05. The summed E-state index contributed by atoms with van der Waals surface area (Å²) in [5, 5.41) is 11.4. The lowest BCUT2D eigenvalue weighted by Gasteiger charge is -2.29. The first-order valence-corrected chi connectivity index (χ1v) is 15.6. The number of aromatic nitrogens is 4. The molecule has 2 bridgehead atoms. The Morgan fingerprint density at radius 3 is 2.58 bits per heavy atom. The summed E-state index contributed by atoms with van der Waals surface area (Å²) in [6.07, 6.45) is 7.74. The summed E-state index contributed by atoms with van der Waals surface area (Å²) in [5.41, 5.74) is 9.23. The molecule has 1 aliphatic heterocycles. The fourth-order valence-corrected chi connectivity index (χ4v) is 6.50. The lowest BCUT2D eigenvalue weighted by atomic mass is 9.85. The number of rotatable bonds is 3. The Labute approximate surface area is 258 Å². The highest BCUT2D eigenvalue weighted by Gasteiger charge is 2.32. The van der Waals surface area contributed by atoms with Crippen molar-refractivity contribution in [2.45, 2.75) is 76.4 Å². The maximum atomic E-state index is 13.1. The van der Waals surface area contributed by atoms with Gasteiger partial charge in [0, 0.05) is 36.0 Å². The fourth-order valence-electron chi connectivity index (χ4n) is 6.50. The Balaban J connectivity index is 1.34. The Morgan fingerprint density at radius 2 is 1.78 bits per heavy atom. The number of hydrogen-bond acceptors (Lipinski definition) is 6. The van der Waals surface area contributed by atoms with E-state index in [0.29, 0.717) is 24.5 Å². The van der Waals surface area contributed by atoms with Crippen LogP contribution in [0, 0.1) is 5.92 Å². The number of hydrogen-bond donors (Lipinski definition) is 3. The van der Waals surface area contributed by atoms with Crippen LogP contribution >= 0.6 is 0 Å². The Hall–Kier alpha value is -4.48. The van der Waals surface area contributed by atoms with E-state index in [2.05, 4.69) is 25.3 Å². The van der Waals surface area contributed by atoms with Gasteiger partial charge in [-0.3, -0.25) is 14.3 Å². The van der Waals surface area contributed by atoms with Gasteiger partial charge in [-0.1, -0.05) is 37.8 Å². The zero-order chi connectivity index (χ0) is 31.6. The fraction of sp³-hybridized carbons (Fsp3) is 0.424. The van der Waals surface area contributed by atoms with Crippen molar-refractivity contribution < 1.29 is 22.8 Å². The molecular formula is C33H36F3N7O2. The number of aryl methyl sites for hydroxylation is 1. The Morgan fingerprint density at radius 1 is 1.00 bits per heavy atom. The van der Waals surface area contributed by atoms with E-state index in [4.69, 9.17) is 10.8 Å². The van der Waals surface area contributed by atoms with Crippen molar-refractivity contribution in [3.05, 3.63) is 65.5 Å². The van der Waals surface area contributed by atoms with E-state index >= 15 is 0 Å². The zero-order valence-electron chi connectivity index (χ0n) is 24.9. The molecule has 6 rings (SSSR count). The van der Waals surface area contributed by atoms with Crippen LogP contribution in [0.2, 0.25) is 0 Å². The molecule has 1 aromatic carbocycles. The minimum Gasteiger partial charge on any atom is -0.383 e. The predicted molar refractivity (Wildman–Crippen MR) is 165 cm³/mol. The molecule has 12 heteroatoms. The van der Waals surface area contributed by atoms with Gasteiger partial charge in [-0.2, -0.15) is 18.3 Å². The van der Waals surface area contributed by atoms with Crippen LogP contribution in [-0.2, 0) is 17.4 Å². The molecule has 9 nitrogen and oxygen atoms in total. The number of fused-ring (bicyclic) bond motifs is 3. The lowest BCUT2D eigenvalue weighted by molar-refractivity contribution is -0.137. The summed E-state index contributed by atoms with van der Waals surface area (Å²) in [6, 6.07) is 8.34. The van der Waals surface area contributed by atoms with Gasteiger partial charge in [-0.25, -0.2) is 9.97 Å². The maximum absolute atomic E-state index is 13.1. The molecule has 1 saturated carbocycles. The van der Waals surface area contributed by atoms with Gasteiger partial charge >= 0.3 is 6.18 Å². The zero-order valence-corrected chi connectivity index (χ0v) is 24.9. The number of carbonyl (C=O) groups is 2. The molecule has 4 heterocycles. The number of nitrogens with zero attached hydrogens (tertiary/aromatic N) is 4. The van der Waals surface area contributed by atoms with Crippen LogP contribution < -0.4 is 16.4 Å². The van der Waals surface area contributed by atoms with Gasteiger partial charge < -0.3 is 16.4 Å². The molecule has 0 unspecified atom stereocenters. The average molecular weight is 620 g/mol. The van der Waals surface area contributed by atoms with Crippen LogP contribution in [0.1, 0.15) is 85.3 Å². The van der Waals surface area contributed by atoms with Crippen molar-refractivity contribution in [2.24, 2.45) is 5.92 Å². The van der Waals surface area contributed by atoms with E-state index in [0.717, 1.165) is 98.1 Å². The topological polar surface area (TPSA) is 128 Å². The van der Waals surface area contributed by atoms with Gasteiger partial charge in [0.2, 0.25) is 5.91 Å². The van der Waals surface area contributed by atoms with E-state index in [-0.39, 0.29) is 29.2 Å². The van der Waals surface area contributed by atoms with E-state index in [1.165, 1.54) is 0 Å². The van der Waals surface area contributed by atoms with Gasteiger partial charge in [-0.05, 0) is 68.4 Å². The molecule has 236 valence electrons. The number of anilines is 2. The van der Waals surface area contributed by atoms with Crippen LogP contribution in [0.15, 0.2) is 48.8 Å². The first-order valence-electron chi connectivity index (χ1n) is 15.6. The van der Waals surface area contributed by atoms with Crippen LogP contribution in [0.5, 0.6) is 0 Å². The molecule has 2 aliphatic rings. The second-order valence-electron chi connectivity index (χ2n) is 12.0. The van der Waals surface area contributed by atoms with Gasteiger partial charge in [-0.15, -0.1) is 0 Å². The number of nitrogens with one attached hydrogen (secondary N) is 2. The number of halogens is 3. The molecule has 2 amide bonds. The number of nitrogen functional groups attached to an aromatic ring is 1. The van der Waals surface area contributed by atoms with Crippen LogP contribution in [0.4, 0.5) is 24.8 Å². The van der Waals surface area contributed by atoms with Gasteiger partial charge in [0.25, 0.3) is 5.91 Å². The third kappa shape index (κ3) is 6.64. The largest absolute Gasteiger partial charge is 0.416 e. The van der Waals surface area contributed by atoms with Crippen molar-refractivity contribution >= 4 is 34.4 Å². The molecule has 1 fully saturated rings. The van der Waals surface area contributed by atoms with E-state index in [1.54, 1.807) is 24.3 Å². The summed E-state index contributed by atoms with van der Waals surface area (Å²) in [7, 11) is 0. The number of carbonyl (C=O) groups excluding carboxylic acids is 2. The molecular weight excluding hydrogens is 583 g/mol. The van der Waals surface area contributed by atoms with E-state index in [9.17, 15) is 22.8 Å². The Bertz CT molecular complexity index is 1700. The van der Waals surface area contributed by atoms with Crippen molar-refractivity contribution in [2.75, 3.05) is 17.6 Å². The minimum atomic E-state index is -4.55. The average Bonchev–Trinajstić information content (AvgIpc) is 3.44. The predicted octanol–water partition coefficient (Wildman–Crippen LogP) is 6.70. The third-order valence-electron chi connectivity index (χ3n) is 8.86. The maximum Gasteiger partial charge on any atom is 0.416 e. The summed E-state index contributed by atoms with van der Waals surface area (Å²) in [4.78, 5) is 34.3. The summed E-state index contributed by atoms with van der Waals surface area (Å²) < 4.78 is 41.4.